The third kappa shape index (κ3) is 2.68. The number of aromatic nitrogens is 5. The Morgan fingerprint density at radius 3 is 2.50 bits per heavy atom. The first kappa shape index (κ1) is 14.6. The molecule has 0 saturated heterocycles. The third-order valence-electron chi connectivity index (χ3n) is 3.84. The molecule has 3 aromatic rings. The summed E-state index contributed by atoms with van der Waals surface area (Å²) in [6, 6.07) is 3.89. The van der Waals surface area contributed by atoms with Crippen LogP contribution in [-0.2, 0) is 5.54 Å². The molecule has 24 heavy (non-hydrogen) atoms. The van der Waals surface area contributed by atoms with Crippen molar-refractivity contribution in [3.8, 4) is 11.5 Å². The molecule has 0 spiro atoms. The molecule has 9 heteroatoms. The molecule has 7 nitrogen and oxygen atoms in total. The normalized spacial score (nSPS) is 15.5. The number of hydrogen-bond acceptors (Lipinski definition) is 7. The monoisotopic (exact) mass is 330 g/mol. The zero-order valence-electron chi connectivity index (χ0n) is 12.4. The Morgan fingerprint density at radius 2 is 1.92 bits per heavy atom. The maximum Gasteiger partial charge on any atom is 0.314 e. The van der Waals surface area contributed by atoms with Crippen molar-refractivity contribution in [1.82, 2.24) is 25.1 Å². The number of pyridine rings is 1. The summed E-state index contributed by atoms with van der Waals surface area (Å²) in [6.07, 6.45) is 5.58. The van der Waals surface area contributed by atoms with Crippen molar-refractivity contribution in [1.29, 1.82) is 0 Å². The van der Waals surface area contributed by atoms with E-state index in [9.17, 15) is 8.78 Å². The van der Waals surface area contributed by atoms with E-state index in [2.05, 4.69) is 30.5 Å². The van der Waals surface area contributed by atoms with Gasteiger partial charge in [-0.1, -0.05) is 6.07 Å². The number of hydrogen-bond donors (Lipinski definition) is 1. The van der Waals surface area contributed by atoms with Crippen LogP contribution in [0.25, 0.3) is 11.5 Å². The van der Waals surface area contributed by atoms with Crippen molar-refractivity contribution in [3.63, 3.8) is 0 Å². The fourth-order valence-corrected chi connectivity index (χ4v) is 2.41. The molecule has 1 saturated carbocycles. The quantitative estimate of drug-likeness (QED) is 0.769. The van der Waals surface area contributed by atoms with Crippen LogP contribution in [0, 0.1) is 0 Å². The molecule has 122 valence electrons. The van der Waals surface area contributed by atoms with E-state index in [-0.39, 0.29) is 11.4 Å². The van der Waals surface area contributed by atoms with Gasteiger partial charge in [-0.25, -0.2) is 9.97 Å². The van der Waals surface area contributed by atoms with Gasteiger partial charge in [-0.05, 0) is 24.5 Å². The summed E-state index contributed by atoms with van der Waals surface area (Å²) in [5, 5.41) is 10.1. The molecule has 0 radical (unpaired) electrons. The SMILES string of the molecule is FC(F)c1nnc(-c2cnc(NC3(c4cccnc4)CC3)nc2)o1. The van der Waals surface area contributed by atoms with Crippen LogP contribution < -0.4 is 5.32 Å². The predicted octanol–water partition coefficient (Wildman–Crippen LogP) is 2.96. The highest BCUT2D eigenvalue weighted by Gasteiger charge is 2.45. The maximum atomic E-state index is 12.5. The summed E-state index contributed by atoms with van der Waals surface area (Å²) in [5.74, 6) is -0.320. The number of nitrogens with one attached hydrogen (secondary N) is 1. The standard InChI is InChI=1S/C15H12F2N6O/c16-11(17)13-23-22-12(24-13)9-6-19-14(20-7-9)21-15(3-4-15)10-2-1-5-18-8-10/h1-2,5-8,11H,3-4H2,(H,19,20,21). The summed E-state index contributed by atoms with van der Waals surface area (Å²) >= 11 is 0. The molecular formula is C15H12F2N6O. The second-order valence-corrected chi connectivity index (χ2v) is 5.49. The number of halogens is 2. The lowest BCUT2D eigenvalue weighted by atomic mass is 10.1. The first-order chi connectivity index (χ1) is 11.7. The van der Waals surface area contributed by atoms with Crippen LogP contribution in [0.5, 0.6) is 0 Å². The van der Waals surface area contributed by atoms with Gasteiger partial charge in [-0.15, -0.1) is 10.2 Å². The lowest BCUT2D eigenvalue weighted by Gasteiger charge is -2.17. The minimum absolute atomic E-state index is 0.0368. The Balaban J connectivity index is 1.52. The zero-order valence-corrected chi connectivity index (χ0v) is 12.4. The third-order valence-corrected chi connectivity index (χ3v) is 3.84. The molecule has 1 fully saturated rings. The van der Waals surface area contributed by atoms with Gasteiger partial charge in [0.05, 0.1) is 11.1 Å². The minimum Gasteiger partial charge on any atom is -0.415 e. The molecule has 0 aromatic carbocycles. The molecule has 0 unspecified atom stereocenters. The van der Waals surface area contributed by atoms with E-state index in [0.29, 0.717) is 11.5 Å². The molecule has 3 aromatic heterocycles. The minimum atomic E-state index is -2.80. The highest BCUT2D eigenvalue weighted by molar-refractivity contribution is 5.51. The van der Waals surface area contributed by atoms with Gasteiger partial charge in [-0.3, -0.25) is 4.98 Å². The highest BCUT2D eigenvalue weighted by atomic mass is 19.3. The Labute approximate surface area is 135 Å². The van der Waals surface area contributed by atoms with E-state index in [1.54, 1.807) is 6.20 Å². The van der Waals surface area contributed by atoms with Crippen LogP contribution in [0.1, 0.15) is 30.7 Å². The highest BCUT2D eigenvalue weighted by Crippen LogP contribution is 2.47. The number of rotatable bonds is 5. The largest absolute Gasteiger partial charge is 0.415 e. The van der Waals surface area contributed by atoms with Crippen molar-refractivity contribution in [3.05, 3.63) is 48.4 Å². The van der Waals surface area contributed by atoms with Crippen molar-refractivity contribution < 1.29 is 13.2 Å². The van der Waals surface area contributed by atoms with Crippen molar-refractivity contribution in [2.45, 2.75) is 24.8 Å². The number of anilines is 1. The van der Waals surface area contributed by atoms with E-state index < -0.39 is 12.3 Å². The van der Waals surface area contributed by atoms with Gasteiger partial charge in [0.2, 0.25) is 5.95 Å². The van der Waals surface area contributed by atoms with Gasteiger partial charge in [0.15, 0.2) is 0 Å². The zero-order chi connectivity index (χ0) is 16.6. The summed E-state index contributed by atoms with van der Waals surface area (Å²) in [6.45, 7) is 0. The fraction of sp³-hybridized carbons (Fsp3) is 0.267. The molecule has 1 aliphatic rings. The Bertz CT molecular complexity index is 833. The molecule has 1 N–H and O–H groups in total. The molecule has 0 aliphatic heterocycles. The topological polar surface area (TPSA) is 89.6 Å². The summed E-state index contributed by atoms with van der Waals surface area (Å²) in [5.41, 5.74) is 1.27. The van der Waals surface area contributed by atoms with Gasteiger partial charge < -0.3 is 9.73 Å². The van der Waals surface area contributed by atoms with Gasteiger partial charge in [0.25, 0.3) is 11.8 Å². The number of alkyl halides is 2. The lowest BCUT2D eigenvalue weighted by molar-refractivity contribution is 0.116. The van der Waals surface area contributed by atoms with E-state index in [4.69, 9.17) is 4.42 Å². The molecule has 4 rings (SSSR count). The first-order valence-corrected chi connectivity index (χ1v) is 7.29. The summed E-state index contributed by atoms with van der Waals surface area (Å²) < 4.78 is 29.8. The smallest absolute Gasteiger partial charge is 0.314 e. The molecule has 0 atom stereocenters. The van der Waals surface area contributed by atoms with E-state index >= 15 is 0 Å². The van der Waals surface area contributed by atoms with Gasteiger partial charge >= 0.3 is 6.43 Å². The lowest BCUT2D eigenvalue weighted by Crippen LogP contribution is -2.20. The van der Waals surface area contributed by atoms with Crippen molar-refractivity contribution in [2.75, 3.05) is 5.32 Å². The van der Waals surface area contributed by atoms with E-state index in [1.807, 2.05) is 18.3 Å². The van der Waals surface area contributed by atoms with Gasteiger partial charge in [0.1, 0.15) is 0 Å². The second kappa shape index (κ2) is 5.59. The molecule has 0 amide bonds. The van der Waals surface area contributed by atoms with Crippen LogP contribution in [0.2, 0.25) is 0 Å². The summed E-state index contributed by atoms with van der Waals surface area (Å²) in [7, 11) is 0. The van der Waals surface area contributed by atoms with Crippen LogP contribution >= 0.6 is 0 Å². The Hall–Kier alpha value is -2.97. The predicted molar refractivity (Wildman–Crippen MR) is 79.1 cm³/mol. The fourth-order valence-electron chi connectivity index (χ4n) is 2.41. The summed E-state index contributed by atoms with van der Waals surface area (Å²) in [4.78, 5) is 12.5. The Morgan fingerprint density at radius 1 is 1.12 bits per heavy atom. The van der Waals surface area contributed by atoms with Crippen LogP contribution in [-0.4, -0.2) is 25.1 Å². The van der Waals surface area contributed by atoms with Crippen LogP contribution in [0.15, 0.2) is 41.3 Å². The van der Waals surface area contributed by atoms with Gasteiger partial charge in [-0.2, -0.15) is 8.78 Å². The van der Waals surface area contributed by atoms with Crippen molar-refractivity contribution in [2.24, 2.45) is 0 Å². The van der Waals surface area contributed by atoms with Gasteiger partial charge in [0, 0.05) is 24.8 Å². The average Bonchev–Trinajstić information content (AvgIpc) is 3.21. The molecule has 1 aliphatic carbocycles. The Kier molecular flexibility index (Phi) is 3.40. The second-order valence-electron chi connectivity index (χ2n) is 5.49. The van der Waals surface area contributed by atoms with Crippen LogP contribution in [0.3, 0.4) is 0 Å². The molecule has 3 heterocycles. The van der Waals surface area contributed by atoms with Crippen LogP contribution in [0.4, 0.5) is 14.7 Å². The number of nitrogens with zero attached hydrogens (tertiary/aromatic N) is 5. The van der Waals surface area contributed by atoms with E-state index in [0.717, 1.165) is 18.4 Å². The van der Waals surface area contributed by atoms with E-state index in [1.165, 1.54) is 12.4 Å². The average molecular weight is 330 g/mol. The molecular weight excluding hydrogens is 318 g/mol. The maximum absolute atomic E-state index is 12.5. The first-order valence-electron chi connectivity index (χ1n) is 7.29. The van der Waals surface area contributed by atoms with Crippen molar-refractivity contribution >= 4 is 5.95 Å². The molecule has 0 bridgehead atoms.